The van der Waals surface area contributed by atoms with Crippen molar-refractivity contribution in [2.45, 2.75) is 12.5 Å². The van der Waals surface area contributed by atoms with Crippen molar-refractivity contribution >= 4 is 0 Å². The van der Waals surface area contributed by atoms with Crippen LogP contribution >= 0.6 is 0 Å². The maximum absolute atomic E-state index is 3.41. The molecule has 0 aromatic heterocycles. The molecule has 2 saturated heterocycles. The number of fused-ring (bicyclic) bond motifs is 1. The van der Waals surface area contributed by atoms with Gasteiger partial charge in [0.15, 0.2) is 0 Å². The van der Waals surface area contributed by atoms with Gasteiger partial charge in [0.1, 0.15) is 0 Å². The first-order valence-corrected chi connectivity index (χ1v) is 3.41. The van der Waals surface area contributed by atoms with Gasteiger partial charge in [0.2, 0.25) is 0 Å². The van der Waals surface area contributed by atoms with Crippen molar-refractivity contribution in [1.82, 2.24) is 10.6 Å². The Morgan fingerprint density at radius 1 is 1.25 bits per heavy atom. The van der Waals surface area contributed by atoms with E-state index >= 15 is 0 Å². The Morgan fingerprint density at radius 3 is 2.62 bits per heavy atom. The monoisotopic (exact) mass is 112 g/mol. The molecule has 0 unspecified atom stereocenters. The average molecular weight is 112 g/mol. The topological polar surface area (TPSA) is 24.1 Å². The molecular weight excluding hydrogens is 100 g/mol. The number of hydrogen-bond donors (Lipinski definition) is 2. The highest BCUT2D eigenvalue weighted by atomic mass is 15.1. The summed E-state index contributed by atoms with van der Waals surface area (Å²) in [4.78, 5) is 0. The maximum atomic E-state index is 3.41. The molecule has 0 aromatic carbocycles. The molecule has 2 atom stereocenters. The molecule has 0 aromatic rings. The van der Waals surface area contributed by atoms with E-state index in [-0.39, 0.29) is 0 Å². The number of nitrogens with one attached hydrogen (secondary N) is 2. The summed E-state index contributed by atoms with van der Waals surface area (Å²) in [6, 6.07) is 0.872. The molecule has 2 nitrogen and oxygen atoms in total. The van der Waals surface area contributed by atoms with Gasteiger partial charge in [-0.3, -0.25) is 0 Å². The second kappa shape index (κ2) is 1.71. The minimum atomic E-state index is 0.872. The van der Waals surface area contributed by atoms with E-state index in [0.717, 1.165) is 12.0 Å². The SMILES string of the molecule is C1C[C@@H]2NC[C@H]2CN1. The standard InChI is InChI=1S/C6H12N2/c1-2-7-3-5-4-8-6(1)5/h5-8H,1-4H2/t5-,6+/m1/s1. The fourth-order valence-electron chi connectivity index (χ4n) is 1.55. The van der Waals surface area contributed by atoms with E-state index in [0.29, 0.717) is 0 Å². The van der Waals surface area contributed by atoms with Gasteiger partial charge in [-0.25, -0.2) is 0 Å². The third kappa shape index (κ3) is 0.565. The minimum Gasteiger partial charge on any atom is -0.316 e. The largest absolute Gasteiger partial charge is 0.316 e. The molecule has 2 fully saturated rings. The summed E-state index contributed by atoms with van der Waals surface area (Å²) >= 11 is 0. The van der Waals surface area contributed by atoms with E-state index in [1.165, 1.54) is 26.1 Å². The predicted molar refractivity (Wildman–Crippen MR) is 32.8 cm³/mol. The highest BCUT2D eigenvalue weighted by molar-refractivity contribution is 4.92. The van der Waals surface area contributed by atoms with Crippen molar-refractivity contribution in [3.63, 3.8) is 0 Å². The summed E-state index contributed by atoms with van der Waals surface area (Å²) < 4.78 is 0. The van der Waals surface area contributed by atoms with Crippen molar-refractivity contribution in [2.24, 2.45) is 5.92 Å². The smallest absolute Gasteiger partial charge is 0.0132 e. The molecule has 0 spiro atoms. The Kier molecular flexibility index (Phi) is 1.02. The van der Waals surface area contributed by atoms with Crippen LogP contribution in [0.5, 0.6) is 0 Å². The van der Waals surface area contributed by atoms with Crippen molar-refractivity contribution in [1.29, 1.82) is 0 Å². The van der Waals surface area contributed by atoms with Crippen LogP contribution in [0.2, 0.25) is 0 Å². The van der Waals surface area contributed by atoms with Crippen LogP contribution in [0.3, 0.4) is 0 Å². The Labute approximate surface area is 49.7 Å². The zero-order valence-corrected chi connectivity index (χ0v) is 4.98. The second-order valence-corrected chi connectivity index (χ2v) is 2.77. The third-order valence-corrected chi connectivity index (χ3v) is 2.25. The quantitative estimate of drug-likeness (QED) is 0.444. The number of piperidine rings is 1. The molecule has 0 aliphatic carbocycles. The van der Waals surface area contributed by atoms with E-state index in [9.17, 15) is 0 Å². The molecule has 2 aliphatic heterocycles. The summed E-state index contributed by atoms with van der Waals surface area (Å²) in [6.45, 7) is 3.71. The zero-order valence-electron chi connectivity index (χ0n) is 4.98. The van der Waals surface area contributed by atoms with Crippen LogP contribution in [-0.2, 0) is 0 Å². The van der Waals surface area contributed by atoms with Gasteiger partial charge < -0.3 is 10.6 Å². The van der Waals surface area contributed by atoms with Gasteiger partial charge in [0.25, 0.3) is 0 Å². The molecule has 2 heteroatoms. The molecule has 8 heavy (non-hydrogen) atoms. The minimum absolute atomic E-state index is 0.872. The molecule has 2 N–H and O–H groups in total. The van der Waals surface area contributed by atoms with Crippen molar-refractivity contribution in [3.8, 4) is 0 Å². The van der Waals surface area contributed by atoms with E-state index in [2.05, 4.69) is 10.6 Å². The van der Waals surface area contributed by atoms with Crippen LogP contribution in [0.1, 0.15) is 6.42 Å². The Balaban J connectivity index is 1.92. The fourth-order valence-corrected chi connectivity index (χ4v) is 1.55. The van der Waals surface area contributed by atoms with Gasteiger partial charge in [-0.15, -0.1) is 0 Å². The maximum Gasteiger partial charge on any atom is 0.0132 e. The van der Waals surface area contributed by atoms with E-state index in [1.807, 2.05) is 0 Å². The molecular formula is C6H12N2. The average Bonchev–Trinajstić information content (AvgIpc) is 1.72. The summed E-state index contributed by atoms with van der Waals surface area (Å²) in [5, 5.41) is 6.78. The Morgan fingerprint density at radius 2 is 2.25 bits per heavy atom. The van der Waals surface area contributed by atoms with Gasteiger partial charge >= 0.3 is 0 Å². The molecule has 0 saturated carbocycles. The van der Waals surface area contributed by atoms with Crippen molar-refractivity contribution in [3.05, 3.63) is 0 Å². The first-order chi connectivity index (χ1) is 3.97. The normalized spacial score (nSPS) is 45.0. The highest BCUT2D eigenvalue weighted by Gasteiger charge is 2.31. The van der Waals surface area contributed by atoms with Gasteiger partial charge in [0, 0.05) is 19.1 Å². The lowest BCUT2D eigenvalue weighted by atomic mass is 9.86. The van der Waals surface area contributed by atoms with Crippen LogP contribution in [0.4, 0.5) is 0 Å². The van der Waals surface area contributed by atoms with Crippen molar-refractivity contribution < 1.29 is 0 Å². The predicted octanol–water partition coefficient (Wildman–Crippen LogP) is -0.432. The molecule has 0 bridgehead atoms. The van der Waals surface area contributed by atoms with Crippen LogP contribution in [0.15, 0.2) is 0 Å². The van der Waals surface area contributed by atoms with Crippen LogP contribution in [-0.4, -0.2) is 25.7 Å². The molecule has 2 heterocycles. The van der Waals surface area contributed by atoms with Gasteiger partial charge in [0.05, 0.1) is 0 Å². The second-order valence-electron chi connectivity index (χ2n) is 2.77. The molecule has 2 aliphatic rings. The van der Waals surface area contributed by atoms with Crippen LogP contribution in [0, 0.1) is 5.92 Å². The Bertz CT molecular complexity index is 80.5. The Hall–Kier alpha value is -0.0800. The van der Waals surface area contributed by atoms with Crippen molar-refractivity contribution in [2.75, 3.05) is 19.6 Å². The highest BCUT2D eigenvalue weighted by Crippen LogP contribution is 2.17. The van der Waals surface area contributed by atoms with E-state index in [1.54, 1.807) is 0 Å². The fraction of sp³-hybridized carbons (Fsp3) is 1.00. The number of hydrogen-bond acceptors (Lipinski definition) is 2. The first-order valence-electron chi connectivity index (χ1n) is 3.41. The summed E-state index contributed by atoms with van der Waals surface area (Å²) in [5.41, 5.74) is 0. The van der Waals surface area contributed by atoms with Crippen LogP contribution in [0.25, 0.3) is 0 Å². The summed E-state index contributed by atoms with van der Waals surface area (Å²) in [7, 11) is 0. The lowest BCUT2D eigenvalue weighted by Gasteiger charge is -2.41. The number of rotatable bonds is 0. The first kappa shape index (κ1) is 4.77. The lowest BCUT2D eigenvalue weighted by Crippen LogP contribution is -2.60. The third-order valence-electron chi connectivity index (χ3n) is 2.25. The molecule has 46 valence electrons. The molecule has 0 amide bonds. The molecule has 0 radical (unpaired) electrons. The molecule has 2 rings (SSSR count). The van der Waals surface area contributed by atoms with Gasteiger partial charge in [-0.2, -0.15) is 0 Å². The van der Waals surface area contributed by atoms with Gasteiger partial charge in [-0.1, -0.05) is 0 Å². The van der Waals surface area contributed by atoms with Gasteiger partial charge in [-0.05, 0) is 18.9 Å². The van der Waals surface area contributed by atoms with Crippen LogP contribution < -0.4 is 10.6 Å². The summed E-state index contributed by atoms with van der Waals surface area (Å²) in [6.07, 6.45) is 1.34. The lowest BCUT2D eigenvalue weighted by molar-refractivity contribution is 0.181. The van der Waals surface area contributed by atoms with E-state index in [4.69, 9.17) is 0 Å². The van der Waals surface area contributed by atoms with E-state index < -0.39 is 0 Å². The summed E-state index contributed by atoms with van der Waals surface area (Å²) in [5.74, 6) is 0.962. The zero-order chi connectivity index (χ0) is 5.40.